The molecule has 0 spiro atoms. The molecule has 0 aliphatic heterocycles. The molecule has 0 unspecified atom stereocenters. The minimum Gasteiger partial charge on any atom is -0.366 e. The molecule has 0 aliphatic rings. The van der Waals surface area contributed by atoms with Gasteiger partial charge in [0.2, 0.25) is 11.8 Å². The van der Waals surface area contributed by atoms with Crippen LogP contribution < -0.4 is 16.0 Å². The van der Waals surface area contributed by atoms with Crippen LogP contribution in [0.4, 0.5) is 21.5 Å². The first-order valence-corrected chi connectivity index (χ1v) is 7.12. The van der Waals surface area contributed by atoms with E-state index < -0.39 is 22.6 Å². The summed E-state index contributed by atoms with van der Waals surface area (Å²) in [6.45, 7) is -0.186. The maximum atomic E-state index is 12.8. The molecule has 2 aromatic rings. The van der Waals surface area contributed by atoms with Gasteiger partial charge in [-0.25, -0.2) is 4.39 Å². The molecule has 0 fully saturated rings. The van der Waals surface area contributed by atoms with Gasteiger partial charge < -0.3 is 16.0 Å². The highest BCUT2D eigenvalue weighted by Crippen LogP contribution is 2.28. The Morgan fingerprint density at radius 1 is 1.24 bits per heavy atom. The third-order valence-corrected chi connectivity index (χ3v) is 3.38. The van der Waals surface area contributed by atoms with Crippen LogP contribution in [-0.4, -0.2) is 30.3 Å². The zero-order valence-corrected chi connectivity index (χ0v) is 13.2. The molecule has 0 aromatic heterocycles. The van der Waals surface area contributed by atoms with E-state index in [9.17, 15) is 24.1 Å². The largest absolute Gasteiger partial charge is 0.366 e. The highest BCUT2D eigenvalue weighted by Gasteiger charge is 2.20. The Morgan fingerprint density at radius 2 is 1.88 bits per heavy atom. The maximum absolute atomic E-state index is 12.8. The van der Waals surface area contributed by atoms with Gasteiger partial charge in [0.15, 0.2) is 0 Å². The van der Waals surface area contributed by atoms with Crippen molar-refractivity contribution < 1.29 is 18.9 Å². The lowest BCUT2D eigenvalue weighted by molar-refractivity contribution is -0.384. The van der Waals surface area contributed by atoms with E-state index in [1.807, 2.05) is 0 Å². The molecule has 9 heteroatoms. The molecule has 2 rings (SSSR count). The topological polar surface area (TPSA) is 119 Å². The van der Waals surface area contributed by atoms with Crippen molar-refractivity contribution in [1.82, 2.24) is 0 Å². The number of carbonyl (C=O) groups excluding carboxylic acids is 2. The molecule has 0 atom stereocenters. The number of benzene rings is 2. The number of carbonyl (C=O) groups is 2. The number of likely N-dealkylation sites (N-methyl/N-ethyl adjacent to an activating group) is 1. The quantitative estimate of drug-likeness (QED) is 0.612. The van der Waals surface area contributed by atoms with Crippen LogP contribution in [0.2, 0.25) is 0 Å². The minimum atomic E-state index is -0.786. The fraction of sp³-hybridized carbons (Fsp3) is 0.125. The Balaban J connectivity index is 2.15. The van der Waals surface area contributed by atoms with E-state index in [0.29, 0.717) is 5.69 Å². The van der Waals surface area contributed by atoms with Crippen molar-refractivity contribution >= 4 is 28.9 Å². The molecule has 8 nitrogen and oxygen atoms in total. The van der Waals surface area contributed by atoms with Crippen molar-refractivity contribution in [3.05, 3.63) is 64.0 Å². The van der Waals surface area contributed by atoms with E-state index in [1.165, 1.54) is 48.3 Å². The highest BCUT2D eigenvalue weighted by atomic mass is 19.1. The van der Waals surface area contributed by atoms with Gasteiger partial charge in [0.05, 0.1) is 11.5 Å². The zero-order valence-electron chi connectivity index (χ0n) is 13.2. The number of primary amides is 1. The first-order chi connectivity index (χ1) is 11.8. The third kappa shape index (κ3) is 4.50. The van der Waals surface area contributed by atoms with Gasteiger partial charge in [-0.15, -0.1) is 0 Å². The van der Waals surface area contributed by atoms with Crippen LogP contribution in [-0.2, 0) is 4.79 Å². The summed E-state index contributed by atoms with van der Waals surface area (Å²) in [5, 5.41) is 13.8. The average Bonchev–Trinajstić information content (AvgIpc) is 2.56. The number of rotatable bonds is 6. The second-order valence-corrected chi connectivity index (χ2v) is 5.24. The standard InChI is InChI=1S/C16H15FN4O4/c1-20(9-15(22)19-12-5-3-11(17)4-6-12)13-7-2-10(16(18)23)8-14(13)21(24)25/h2-8H,9H2,1H3,(H2,18,23)(H,19,22). The molecule has 25 heavy (non-hydrogen) atoms. The van der Waals surface area contributed by atoms with Crippen molar-refractivity contribution in [2.45, 2.75) is 0 Å². The number of nitrogens with two attached hydrogens (primary N) is 1. The van der Waals surface area contributed by atoms with E-state index >= 15 is 0 Å². The van der Waals surface area contributed by atoms with E-state index in [0.717, 1.165) is 6.07 Å². The molecule has 0 aliphatic carbocycles. The Bertz CT molecular complexity index is 823. The Kier molecular flexibility index (Phi) is 5.28. The molecule has 0 saturated carbocycles. The molecule has 0 bridgehead atoms. The zero-order chi connectivity index (χ0) is 18.6. The van der Waals surface area contributed by atoms with Crippen molar-refractivity contribution in [1.29, 1.82) is 0 Å². The predicted octanol–water partition coefficient (Wildman–Crippen LogP) is 1.91. The van der Waals surface area contributed by atoms with Crippen LogP contribution in [0.5, 0.6) is 0 Å². The van der Waals surface area contributed by atoms with Crippen molar-refractivity contribution in [2.75, 3.05) is 23.8 Å². The fourth-order valence-electron chi connectivity index (χ4n) is 2.18. The van der Waals surface area contributed by atoms with Crippen LogP contribution in [0.1, 0.15) is 10.4 Å². The van der Waals surface area contributed by atoms with Gasteiger partial charge >= 0.3 is 0 Å². The second kappa shape index (κ2) is 7.39. The van der Waals surface area contributed by atoms with Crippen LogP contribution in [0.25, 0.3) is 0 Å². The summed E-state index contributed by atoms with van der Waals surface area (Å²) in [7, 11) is 1.50. The number of anilines is 2. The van der Waals surface area contributed by atoms with Gasteiger partial charge in [-0.2, -0.15) is 0 Å². The SMILES string of the molecule is CN(CC(=O)Nc1ccc(F)cc1)c1ccc(C(N)=O)cc1[N+](=O)[O-]. The lowest BCUT2D eigenvalue weighted by atomic mass is 10.1. The van der Waals surface area contributed by atoms with Gasteiger partial charge in [-0.1, -0.05) is 0 Å². The number of halogens is 1. The second-order valence-electron chi connectivity index (χ2n) is 5.24. The molecule has 0 radical (unpaired) electrons. The molecule has 2 amide bonds. The molecule has 0 heterocycles. The van der Waals surface area contributed by atoms with Gasteiger partial charge in [-0.05, 0) is 36.4 Å². The summed E-state index contributed by atoms with van der Waals surface area (Å²) in [6.07, 6.45) is 0. The molecule has 0 saturated heterocycles. The Hall–Kier alpha value is -3.49. The van der Waals surface area contributed by atoms with E-state index in [2.05, 4.69) is 5.32 Å². The van der Waals surface area contributed by atoms with Crippen LogP contribution >= 0.6 is 0 Å². The molecule has 130 valence electrons. The molecule has 3 N–H and O–H groups in total. The first-order valence-electron chi connectivity index (χ1n) is 7.12. The Morgan fingerprint density at radius 3 is 2.44 bits per heavy atom. The minimum absolute atomic E-state index is 0.000358. The predicted molar refractivity (Wildman–Crippen MR) is 89.9 cm³/mol. The van der Waals surface area contributed by atoms with E-state index in [-0.39, 0.29) is 23.5 Å². The highest BCUT2D eigenvalue weighted by molar-refractivity contribution is 5.96. The average molecular weight is 346 g/mol. The third-order valence-electron chi connectivity index (χ3n) is 3.38. The van der Waals surface area contributed by atoms with Crippen molar-refractivity contribution in [3.8, 4) is 0 Å². The summed E-state index contributed by atoms with van der Waals surface area (Å²) in [6, 6.07) is 8.96. The number of nitrogens with one attached hydrogen (secondary N) is 1. The van der Waals surface area contributed by atoms with Gasteiger partial charge in [-0.3, -0.25) is 19.7 Å². The number of nitrogens with zero attached hydrogens (tertiary/aromatic N) is 2. The van der Waals surface area contributed by atoms with E-state index in [4.69, 9.17) is 5.73 Å². The van der Waals surface area contributed by atoms with Crippen LogP contribution in [0.15, 0.2) is 42.5 Å². The number of hydrogen-bond donors (Lipinski definition) is 2. The number of nitro benzene ring substituents is 1. The molecular weight excluding hydrogens is 331 g/mol. The monoisotopic (exact) mass is 346 g/mol. The van der Waals surface area contributed by atoms with Gasteiger partial charge in [0, 0.05) is 24.4 Å². The summed E-state index contributed by atoms with van der Waals surface area (Å²) < 4.78 is 12.8. The molecular formula is C16H15FN4O4. The summed E-state index contributed by atoms with van der Waals surface area (Å²) in [4.78, 5) is 35.1. The van der Waals surface area contributed by atoms with Gasteiger partial charge in [0.25, 0.3) is 5.69 Å². The maximum Gasteiger partial charge on any atom is 0.293 e. The molecule has 2 aromatic carbocycles. The summed E-state index contributed by atoms with van der Waals surface area (Å²) in [5.41, 5.74) is 5.34. The van der Waals surface area contributed by atoms with Crippen molar-refractivity contribution in [2.24, 2.45) is 5.73 Å². The first kappa shape index (κ1) is 17.9. The number of amides is 2. The lowest BCUT2D eigenvalue weighted by Crippen LogP contribution is -2.30. The summed E-state index contributed by atoms with van der Waals surface area (Å²) in [5.74, 6) is -1.66. The smallest absolute Gasteiger partial charge is 0.293 e. The van der Waals surface area contributed by atoms with Gasteiger partial charge in [0.1, 0.15) is 11.5 Å². The number of nitro groups is 1. The van der Waals surface area contributed by atoms with Crippen LogP contribution in [0.3, 0.4) is 0 Å². The lowest BCUT2D eigenvalue weighted by Gasteiger charge is -2.19. The van der Waals surface area contributed by atoms with Crippen LogP contribution in [0, 0.1) is 15.9 Å². The summed E-state index contributed by atoms with van der Waals surface area (Å²) >= 11 is 0. The normalized spacial score (nSPS) is 10.2. The van der Waals surface area contributed by atoms with Crippen molar-refractivity contribution in [3.63, 3.8) is 0 Å². The number of hydrogen-bond acceptors (Lipinski definition) is 5. The fourth-order valence-corrected chi connectivity index (χ4v) is 2.18. The Labute approximate surface area is 142 Å². The van der Waals surface area contributed by atoms with E-state index in [1.54, 1.807) is 0 Å².